The summed E-state index contributed by atoms with van der Waals surface area (Å²) in [5.41, 5.74) is -1.65. The Kier molecular flexibility index (Phi) is 11.0. The summed E-state index contributed by atoms with van der Waals surface area (Å²) in [6.45, 7) is 3.16. The third-order valence-electron chi connectivity index (χ3n) is 11.9. The number of ether oxygens (including phenoxy) is 2. The van der Waals surface area contributed by atoms with Crippen molar-refractivity contribution in [3.63, 3.8) is 0 Å². The highest BCUT2D eigenvalue weighted by atomic mass is 32.2. The first kappa shape index (κ1) is 42.4. The molecule has 2 aromatic heterocycles. The average Bonchev–Trinajstić information content (AvgIpc) is 3.99. The number of halogens is 4. The number of rotatable bonds is 8. The van der Waals surface area contributed by atoms with Gasteiger partial charge in [0.05, 0.1) is 21.7 Å². The normalized spacial score (nSPS) is 26.0. The van der Waals surface area contributed by atoms with Gasteiger partial charge in [-0.3, -0.25) is 23.9 Å². The molecule has 2 aromatic carbocycles. The number of benzene rings is 2. The molecule has 2 aliphatic carbocycles. The summed E-state index contributed by atoms with van der Waals surface area (Å²) < 4.78 is 92.2. The summed E-state index contributed by atoms with van der Waals surface area (Å²) >= 11 is 1.26. The van der Waals surface area contributed by atoms with Crippen LogP contribution in [0, 0.1) is 18.7 Å². The van der Waals surface area contributed by atoms with Crippen LogP contribution in [0.4, 0.5) is 17.6 Å². The monoisotopic (exact) mass is 885 g/mol. The molecule has 3 fully saturated rings. The van der Waals surface area contributed by atoms with Gasteiger partial charge in [-0.2, -0.15) is 0 Å². The predicted octanol–water partition coefficient (Wildman–Crippen LogP) is 6.34. The zero-order chi connectivity index (χ0) is 43.5. The second-order valence-electron chi connectivity index (χ2n) is 16.5. The number of thiophene rings is 1. The van der Waals surface area contributed by atoms with E-state index in [4.69, 9.17) is 4.74 Å². The summed E-state index contributed by atoms with van der Waals surface area (Å²) in [7, 11) is -4.08. The van der Waals surface area contributed by atoms with E-state index in [1.165, 1.54) is 41.4 Å². The second-order valence-corrected chi connectivity index (χ2v) is 20.0. The van der Waals surface area contributed by atoms with Gasteiger partial charge < -0.3 is 25.0 Å². The van der Waals surface area contributed by atoms with Crippen LogP contribution in [0.15, 0.2) is 60.7 Å². The number of aromatic nitrogens is 1. The lowest BCUT2D eigenvalue weighted by Gasteiger charge is -2.30. The number of nitrogens with zero attached hydrogens (tertiary/aromatic N) is 2. The molecule has 4 heterocycles. The first-order valence-corrected chi connectivity index (χ1v) is 22.3. The van der Waals surface area contributed by atoms with E-state index in [-0.39, 0.29) is 42.6 Å². The Morgan fingerprint density at radius 3 is 2.51 bits per heavy atom. The average molecular weight is 886 g/mol. The van der Waals surface area contributed by atoms with Crippen molar-refractivity contribution in [2.24, 2.45) is 5.92 Å². The van der Waals surface area contributed by atoms with Gasteiger partial charge in [-0.05, 0) is 100 Å². The van der Waals surface area contributed by atoms with E-state index in [1.807, 2.05) is 13.0 Å². The number of allylic oxidation sites excluding steroid dienone is 1. The predicted molar refractivity (Wildman–Crippen MR) is 217 cm³/mol. The van der Waals surface area contributed by atoms with Crippen LogP contribution >= 0.6 is 11.3 Å². The summed E-state index contributed by atoms with van der Waals surface area (Å²) in [5.74, 6) is -4.58. The molecule has 4 aliphatic rings. The van der Waals surface area contributed by atoms with Crippen LogP contribution in [0.3, 0.4) is 0 Å². The van der Waals surface area contributed by atoms with Crippen LogP contribution in [0.1, 0.15) is 79.3 Å². The van der Waals surface area contributed by atoms with E-state index in [0.29, 0.717) is 47.8 Å². The van der Waals surface area contributed by atoms with E-state index in [2.05, 4.69) is 25.1 Å². The highest BCUT2D eigenvalue weighted by Gasteiger charge is 2.63. The lowest BCUT2D eigenvalue weighted by atomic mass is 10.0. The maximum Gasteiger partial charge on any atom is 0.573 e. The molecule has 2 aliphatic heterocycles. The van der Waals surface area contributed by atoms with E-state index < -0.39 is 86.0 Å². The Bertz CT molecular complexity index is 2580. The van der Waals surface area contributed by atoms with Gasteiger partial charge in [0.25, 0.3) is 11.8 Å². The molecule has 13 nitrogen and oxygen atoms in total. The van der Waals surface area contributed by atoms with Crippen LogP contribution < -0.4 is 24.8 Å². The van der Waals surface area contributed by atoms with Crippen molar-refractivity contribution in [1.29, 1.82) is 0 Å². The first-order valence-electron chi connectivity index (χ1n) is 20.0. The summed E-state index contributed by atoms with van der Waals surface area (Å²) in [6.07, 6.45) is 1.23. The largest absolute Gasteiger partial charge is 0.573 e. The van der Waals surface area contributed by atoms with Gasteiger partial charge in [0.15, 0.2) is 0 Å². The molecule has 0 radical (unpaired) electrons. The Labute approximate surface area is 352 Å². The minimum absolute atomic E-state index is 0.0149. The van der Waals surface area contributed by atoms with Crippen molar-refractivity contribution in [3.05, 3.63) is 76.3 Å². The number of alkyl halides is 3. The molecular weight excluding hydrogens is 843 g/mol. The number of carbonyl (C=O) groups excluding carboxylic acids is 4. The molecule has 0 spiro atoms. The molecule has 4 amide bonds. The van der Waals surface area contributed by atoms with Gasteiger partial charge in [0.2, 0.25) is 27.7 Å². The molecule has 3 N–H and O–H groups in total. The maximum atomic E-state index is 14.7. The number of hydrogen-bond acceptors (Lipinski definition) is 10. The number of amides is 4. The van der Waals surface area contributed by atoms with Crippen molar-refractivity contribution in [3.8, 4) is 11.6 Å². The van der Waals surface area contributed by atoms with Crippen LogP contribution in [0.2, 0.25) is 0 Å². The molecule has 5 atom stereocenters. The highest BCUT2D eigenvalue weighted by Crippen LogP contribution is 2.48. The SMILES string of the molecule is Cc1ccc(C(=O)N[C@H]2CCCCC/C=C\[C@@H]3C[C@@]3(C(=O)NS(=O)(=O)C3(C)CC3)NC(=O)[C@@H]3C[C@@H](Oc4nc5cc(OC(F)(F)F)ccc5c5cc(F)ccc45)CN3C2=O)s1. The Morgan fingerprint density at radius 2 is 1.79 bits per heavy atom. The third-order valence-corrected chi connectivity index (χ3v) is 15.1. The topological polar surface area (TPSA) is 173 Å². The Balaban J connectivity index is 1.14. The smallest absolute Gasteiger partial charge is 0.472 e. The fraction of sp³-hybridized carbons (Fsp3) is 0.452. The molecule has 0 bridgehead atoms. The van der Waals surface area contributed by atoms with Gasteiger partial charge in [0.1, 0.15) is 35.3 Å². The molecule has 19 heteroatoms. The maximum absolute atomic E-state index is 14.7. The summed E-state index contributed by atoms with van der Waals surface area (Å²) in [5, 5.41) is 6.54. The number of fused-ring (bicyclic) bond motifs is 5. The fourth-order valence-corrected chi connectivity index (χ4v) is 10.2. The number of aryl methyl sites for hydroxylation is 1. The van der Waals surface area contributed by atoms with Crippen LogP contribution in [0.5, 0.6) is 11.6 Å². The summed E-state index contributed by atoms with van der Waals surface area (Å²) in [4.78, 5) is 63.7. The quantitative estimate of drug-likeness (QED) is 0.104. The zero-order valence-corrected chi connectivity index (χ0v) is 34.8. The number of carbonyl (C=O) groups is 4. The molecular formula is C42H43F4N5O8S2. The molecule has 1 saturated heterocycles. The molecule has 0 unspecified atom stereocenters. The third kappa shape index (κ3) is 8.76. The number of sulfonamides is 1. The molecule has 8 rings (SSSR count). The van der Waals surface area contributed by atoms with Crippen LogP contribution in [-0.2, 0) is 24.4 Å². The van der Waals surface area contributed by atoms with Crippen molar-refractivity contribution in [1.82, 2.24) is 25.2 Å². The van der Waals surface area contributed by atoms with Crippen LogP contribution in [-0.4, -0.2) is 83.3 Å². The standard InChI is InChI=1S/C42H43F4N5O8S2/c1-23-10-15-34(60-23)36(53)47-31-9-7-5-3-4-6-8-24-21-41(24,39(55)50-61(56,57)40(2)16-17-40)49-35(52)33-20-27(22-51(33)38(31)54)58-37-29-13-11-25(43)18-30(29)28-14-12-26(19-32(28)48-37)59-42(44,45)46/h6,8,10-15,18-19,24,27,31,33H,3-5,7,9,16-17,20-22H2,1-2H3,(H,47,53)(H,49,52)(H,50,55)/b8-6-/t24-,27-,31+,33+,41-/m1/s1. The van der Waals surface area contributed by atoms with Gasteiger partial charge in [-0.1, -0.05) is 25.0 Å². The van der Waals surface area contributed by atoms with Crippen molar-refractivity contribution in [2.75, 3.05) is 6.54 Å². The van der Waals surface area contributed by atoms with Crippen molar-refractivity contribution >= 4 is 66.7 Å². The number of hydrogen-bond donors (Lipinski definition) is 3. The van der Waals surface area contributed by atoms with E-state index >= 15 is 0 Å². The van der Waals surface area contributed by atoms with Gasteiger partial charge in [-0.25, -0.2) is 17.8 Å². The van der Waals surface area contributed by atoms with Gasteiger partial charge in [-0.15, -0.1) is 24.5 Å². The molecule has 61 heavy (non-hydrogen) atoms. The summed E-state index contributed by atoms with van der Waals surface area (Å²) in [6, 6.07) is 8.24. The molecule has 4 aromatic rings. The Hall–Kier alpha value is -5.30. The zero-order valence-electron chi connectivity index (χ0n) is 33.1. The first-order chi connectivity index (χ1) is 28.8. The minimum Gasteiger partial charge on any atom is -0.472 e. The van der Waals surface area contributed by atoms with E-state index in [9.17, 15) is 45.2 Å². The van der Waals surface area contributed by atoms with Crippen molar-refractivity contribution < 1.29 is 54.6 Å². The minimum atomic E-state index is -5.00. The van der Waals surface area contributed by atoms with E-state index in [0.717, 1.165) is 29.5 Å². The Morgan fingerprint density at radius 1 is 1.02 bits per heavy atom. The van der Waals surface area contributed by atoms with Crippen LogP contribution in [0.25, 0.3) is 21.7 Å². The second kappa shape index (κ2) is 15.9. The molecule has 2 saturated carbocycles. The van der Waals surface area contributed by atoms with E-state index in [1.54, 1.807) is 18.2 Å². The van der Waals surface area contributed by atoms with Gasteiger partial charge in [0, 0.05) is 34.1 Å². The number of nitrogens with one attached hydrogen (secondary N) is 3. The highest BCUT2D eigenvalue weighted by molar-refractivity contribution is 7.91. The lowest BCUT2D eigenvalue weighted by molar-refractivity contribution is -0.274. The van der Waals surface area contributed by atoms with Gasteiger partial charge >= 0.3 is 6.36 Å². The molecule has 324 valence electrons. The lowest BCUT2D eigenvalue weighted by Crippen LogP contribution is -2.58. The fourth-order valence-electron chi connectivity index (χ4n) is 8.10. The number of pyridine rings is 1. The van der Waals surface area contributed by atoms with Crippen molar-refractivity contribution in [2.45, 2.75) is 106 Å².